The van der Waals surface area contributed by atoms with Crippen LogP contribution >= 0.6 is 0 Å². The fourth-order valence-corrected chi connectivity index (χ4v) is 4.26. The summed E-state index contributed by atoms with van der Waals surface area (Å²) in [4.78, 5) is 42.0. The number of rotatable bonds is 5. The number of pyridine rings is 1. The number of benzene rings is 2. The normalized spacial score (nSPS) is 11.5. The van der Waals surface area contributed by atoms with Crippen molar-refractivity contribution in [1.82, 2.24) is 4.98 Å². The van der Waals surface area contributed by atoms with Crippen LogP contribution in [0, 0.1) is 0 Å². The van der Waals surface area contributed by atoms with E-state index in [2.05, 4.69) is 10.3 Å². The first-order valence-electron chi connectivity index (χ1n) is 12.1. The summed E-state index contributed by atoms with van der Waals surface area (Å²) in [6, 6.07) is 18.2. The fourth-order valence-electron chi connectivity index (χ4n) is 4.26. The molecule has 0 radical (unpaired) electrons. The smallest absolute Gasteiger partial charge is 0.422 e. The summed E-state index contributed by atoms with van der Waals surface area (Å²) in [6.07, 6.45) is -4.38. The van der Waals surface area contributed by atoms with Gasteiger partial charge in [-0.05, 0) is 27.5 Å². The monoisotopic (exact) mass is 519 g/mol. The van der Waals surface area contributed by atoms with Crippen LogP contribution in [-0.2, 0) is 22.2 Å². The predicted molar refractivity (Wildman–Crippen MR) is 146 cm³/mol. The van der Waals surface area contributed by atoms with Crippen LogP contribution in [-0.4, -0.2) is 33.5 Å². The highest BCUT2D eigenvalue weighted by Gasteiger charge is 2.38. The van der Waals surface area contributed by atoms with Crippen molar-refractivity contribution in [2.75, 3.05) is 10.2 Å². The minimum atomic E-state index is -1.76. The molecule has 0 fully saturated rings. The summed E-state index contributed by atoms with van der Waals surface area (Å²) in [7, 11) is 0. The lowest BCUT2D eigenvalue weighted by Crippen LogP contribution is -2.38. The summed E-state index contributed by atoms with van der Waals surface area (Å²) >= 11 is 0. The van der Waals surface area contributed by atoms with Gasteiger partial charge in [0.15, 0.2) is 5.82 Å². The zero-order chi connectivity index (χ0) is 28.3. The molecule has 9 nitrogen and oxygen atoms in total. The molecule has 0 saturated heterocycles. The van der Waals surface area contributed by atoms with E-state index in [1.54, 1.807) is 12.1 Å². The molecule has 1 aromatic heterocycles. The Morgan fingerprint density at radius 1 is 0.816 bits per heavy atom. The number of imide groups is 1. The van der Waals surface area contributed by atoms with Crippen LogP contribution < -0.4 is 10.2 Å². The first kappa shape index (κ1) is 28.2. The summed E-state index contributed by atoms with van der Waals surface area (Å²) in [5, 5.41) is 22.4. The average molecular weight is 520 g/mol. The number of hydrogen-bond acceptors (Lipinski definition) is 5. The van der Waals surface area contributed by atoms with E-state index in [1.165, 1.54) is 0 Å². The Morgan fingerprint density at radius 2 is 1.32 bits per heavy atom. The van der Waals surface area contributed by atoms with E-state index in [-0.39, 0.29) is 17.2 Å². The number of aromatic nitrogens is 1. The summed E-state index contributed by atoms with van der Waals surface area (Å²) in [5.74, 6) is -0.432. The molecule has 200 valence electrons. The maximum Gasteiger partial charge on any atom is 0.422 e. The van der Waals surface area contributed by atoms with Crippen LogP contribution in [0.2, 0.25) is 0 Å². The third-order valence-corrected chi connectivity index (χ3v) is 5.76. The minimum absolute atomic E-state index is 0.0317. The van der Waals surface area contributed by atoms with Crippen LogP contribution in [0.5, 0.6) is 0 Å². The quantitative estimate of drug-likeness (QED) is 0.324. The Kier molecular flexibility index (Phi) is 8.10. The number of anilines is 2. The molecule has 0 unspecified atom stereocenters. The molecule has 0 saturated carbocycles. The van der Waals surface area contributed by atoms with Crippen molar-refractivity contribution < 1.29 is 29.3 Å². The lowest BCUT2D eigenvalue weighted by molar-refractivity contribution is 0.155. The molecule has 3 rings (SSSR count). The average Bonchev–Trinajstić information content (AvgIpc) is 2.82. The Morgan fingerprint density at radius 3 is 1.79 bits per heavy atom. The highest BCUT2D eigenvalue weighted by molar-refractivity contribution is 6.11. The molecule has 3 aromatic rings. The Bertz CT molecular complexity index is 1310. The second-order valence-corrected chi connectivity index (χ2v) is 10.9. The molecule has 0 spiro atoms. The molecule has 0 atom stereocenters. The SMILES string of the molecule is CC(C)(C)c1c(-c2ccccc2)nc(N(C(=O)O)C(=O)O)c(NC(=O)OCc2ccccc2)c1C(C)(C)C. The first-order valence-corrected chi connectivity index (χ1v) is 12.1. The molecule has 0 aliphatic carbocycles. The van der Waals surface area contributed by atoms with Gasteiger partial charge in [-0.1, -0.05) is 102 Å². The van der Waals surface area contributed by atoms with Crippen LogP contribution in [0.15, 0.2) is 60.7 Å². The number of carbonyl (C=O) groups excluding carboxylic acids is 1. The highest BCUT2D eigenvalue weighted by atomic mass is 16.5. The van der Waals surface area contributed by atoms with Crippen molar-refractivity contribution in [1.29, 1.82) is 0 Å². The van der Waals surface area contributed by atoms with Gasteiger partial charge in [-0.15, -0.1) is 0 Å². The Hall–Kier alpha value is -4.40. The number of hydrogen-bond donors (Lipinski definition) is 3. The molecule has 1 heterocycles. The summed E-state index contributed by atoms with van der Waals surface area (Å²) in [5.41, 5.74) is 1.92. The van der Waals surface area contributed by atoms with E-state index in [4.69, 9.17) is 4.74 Å². The van der Waals surface area contributed by atoms with Crippen LogP contribution in [0.4, 0.5) is 25.9 Å². The molecule has 0 aliphatic rings. The van der Waals surface area contributed by atoms with Crippen LogP contribution in [0.1, 0.15) is 58.2 Å². The Labute approximate surface area is 222 Å². The molecule has 3 amide bonds. The fraction of sp³-hybridized carbons (Fsp3) is 0.310. The van der Waals surface area contributed by atoms with Gasteiger partial charge in [-0.3, -0.25) is 5.32 Å². The molecular weight excluding hydrogens is 486 g/mol. The van der Waals surface area contributed by atoms with Crippen molar-refractivity contribution in [2.24, 2.45) is 0 Å². The third-order valence-electron chi connectivity index (χ3n) is 5.76. The van der Waals surface area contributed by atoms with Gasteiger partial charge in [-0.25, -0.2) is 19.4 Å². The topological polar surface area (TPSA) is 129 Å². The van der Waals surface area contributed by atoms with Crippen molar-refractivity contribution in [3.63, 3.8) is 0 Å². The van der Waals surface area contributed by atoms with Crippen LogP contribution in [0.25, 0.3) is 11.3 Å². The number of carboxylic acid groups (broad SMARTS) is 2. The number of ether oxygens (including phenoxy) is 1. The van der Waals surface area contributed by atoms with Gasteiger partial charge in [0.2, 0.25) is 0 Å². The van der Waals surface area contributed by atoms with Crippen molar-refractivity contribution in [3.8, 4) is 11.3 Å². The molecule has 3 N–H and O–H groups in total. The maximum atomic E-state index is 13.0. The van der Waals surface area contributed by atoms with E-state index in [0.717, 1.165) is 11.1 Å². The van der Waals surface area contributed by atoms with Gasteiger partial charge in [-0.2, -0.15) is 4.90 Å². The first-order chi connectivity index (χ1) is 17.7. The summed E-state index contributed by atoms with van der Waals surface area (Å²) < 4.78 is 5.40. The van der Waals surface area contributed by atoms with Crippen molar-refractivity contribution >= 4 is 29.8 Å². The lowest BCUT2D eigenvalue weighted by Gasteiger charge is -2.35. The molecule has 9 heteroatoms. The second-order valence-electron chi connectivity index (χ2n) is 10.9. The standard InChI is InChI=1S/C29H33N3O6/c1-28(2,3)20-21(29(4,5)6)23(31-25(33)38-17-18-13-9-7-10-14-18)24(32(26(34)35)27(36)37)30-22(20)19-15-11-8-12-16-19/h7-16H,17H2,1-6H3,(H,31,33)(H,34,35)(H,36,37). The van der Waals surface area contributed by atoms with Gasteiger partial charge in [0.25, 0.3) is 0 Å². The minimum Gasteiger partial charge on any atom is -0.464 e. The van der Waals surface area contributed by atoms with Crippen LogP contribution in [0.3, 0.4) is 0 Å². The third kappa shape index (κ3) is 6.29. The molecule has 38 heavy (non-hydrogen) atoms. The second kappa shape index (κ2) is 10.9. The van der Waals surface area contributed by atoms with Crippen molar-refractivity contribution in [2.45, 2.75) is 59.0 Å². The molecular formula is C29H33N3O6. The lowest BCUT2D eigenvalue weighted by atomic mass is 9.73. The van der Waals surface area contributed by atoms with Gasteiger partial charge >= 0.3 is 18.3 Å². The molecule has 2 aromatic carbocycles. The number of amides is 3. The van der Waals surface area contributed by atoms with E-state index in [1.807, 2.05) is 90.1 Å². The van der Waals surface area contributed by atoms with Gasteiger partial charge in [0, 0.05) is 5.56 Å². The Balaban J connectivity index is 2.33. The number of nitrogens with zero attached hydrogens (tertiary/aromatic N) is 2. The number of nitrogens with one attached hydrogen (secondary N) is 1. The van der Waals surface area contributed by atoms with Gasteiger partial charge < -0.3 is 14.9 Å². The summed E-state index contributed by atoms with van der Waals surface area (Å²) in [6.45, 7) is 11.6. The zero-order valence-corrected chi connectivity index (χ0v) is 22.4. The van der Waals surface area contributed by atoms with E-state index < -0.39 is 34.9 Å². The van der Waals surface area contributed by atoms with Gasteiger partial charge in [0.1, 0.15) is 6.61 Å². The highest BCUT2D eigenvalue weighted by Crippen LogP contribution is 2.47. The zero-order valence-electron chi connectivity index (χ0n) is 22.4. The number of carbonyl (C=O) groups is 3. The maximum absolute atomic E-state index is 13.0. The predicted octanol–water partition coefficient (Wildman–Crippen LogP) is 7.25. The van der Waals surface area contributed by atoms with Crippen molar-refractivity contribution in [3.05, 3.63) is 77.4 Å². The van der Waals surface area contributed by atoms with E-state index >= 15 is 0 Å². The molecule has 0 bridgehead atoms. The molecule has 0 aliphatic heterocycles. The largest absolute Gasteiger partial charge is 0.464 e. The van der Waals surface area contributed by atoms with E-state index in [9.17, 15) is 24.6 Å². The van der Waals surface area contributed by atoms with Gasteiger partial charge in [0.05, 0.1) is 11.4 Å². The van der Waals surface area contributed by atoms with E-state index in [0.29, 0.717) is 16.8 Å².